The van der Waals surface area contributed by atoms with Crippen molar-refractivity contribution in [3.8, 4) is 0 Å². The average Bonchev–Trinajstić information content (AvgIpc) is 1.90. The zero-order valence-corrected chi connectivity index (χ0v) is 6.76. The van der Waals surface area contributed by atoms with Crippen LogP contribution in [0.3, 0.4) is 0 Å². The molecule has 3 N–H and O–H groups in total. The van der Waals surface area contributed by atoms with Gasteiger partial charge in [0.15, 0.2) is 0 Å². The summed E-state index contributed by atoms with van der Waals surface area (Å²) in [4.78, 5) is 0. The average molecular weight is 188 g/mol. The third kappa shape index (κ3) is 2.63. The zero-order chi connectivity index (χ0) is 5.82. The molecule has 1 nitrogen and oxygen atoms in total. The summed E-state index contributed by atoms with van der Waals surface area (Å²) < 4.78 is 0. The molecule has 1 aromatic rings. The lowest BCUT2D eigenvalue weighted by molar-refractivity contribution is 1.44. The minimum Gasteiger partial charge on any atom is -0.344 e. The highest BCUT2D eigenvalue weighted by Gasteiger charge is 1.81. The number of hydrogen-bond donors (Lipinski definition) is 1. The Kier molecular flexibility index (Phi) is 4.36. The second-order valence-corrected chi connectivity index (χ2v) is 2.18. The molecule has 0 spiro atoms. The van der Waals surface area contributed by atoms with E-state index >= 15 is 0 Å². The quantitative estimate of drug-likeness (QED) is 0.675. The monoisotopic (exact) mass is 187 g/mol. The van der Waals surface area contributed by atoms with Crippen molar-refractivity contribution in [2.24, 2.45) is 0 Å². The number of halogens is 1. The lowest BCUT2D eigenvalue weighted by Gasteiger charge is -1.88. The number of hydrogen-bond acceptors (Lipinski definition) is 1. The maximum absolute atomic E-state index is 3.36. The van der Waals surface area contributed by atoms with E-state index in [1.54, 1.807) is 0 Å². The summed E-state index contributed by atoms with van der Waals surface area (Å²) in [6.45, 7) is 0. The molecule has 2 heteroatoms. The van der Waals surface area contributed by atoms with E-state index in [0.29, 0.717) is 0 Å². The maximum Gasteiger partial charge on any atom is 0.0283 e. The van der Waals surface area contributed by atoms with Gasteiger partial charge in [-0.2, -0.15) is 0 Å². The Labute approximate surface area is 63.8 Å². The third-order valence-electron chi connectivity index (χ3n) is 0.997. The molecule has 1 aromatic carbocycles. The fourth-order valence-electron chi connectivity index (χ4n) is 0.567. The first-order valence-corrected chi connectivity index (χ1v) is 3.65. The van der Waals surface area contributed by atoms with Crippen LogP contribution in [0.5, 0.6) is 0 Å². The Morgan fingerprint density at radius 2 is 1.67 bits per heavy atom. The highest BCUT2D eigenvalue weighted by Crippen LogP contribution is 2.02. The van der Waals surface area contributed by atoms with Crippen LogP contribution in [0.15, 0.2) is 30.3 Å². The van der Waals surface area contributed by atoms with E-state index in [1.807, 2.05) is 18.2 Å². The molecule has 0 saturated carbocycles. The van der Waals surface area contributed by atoms with Gasteiger partial charge in [-0.3, -0.25) is 0 Å². The van der Waals surface area contributed by atoms with Gasteiger partial charge in [0.05, 0.1) is 0 Å². The van der Waals surface area contributed by atoms with E-state index in [0.717, 1.165) is 5.33 Å². The zero-order valence-electron chi connectivity index (χ0n) is 5.18. The van der Waals surface area contributed by atoms with Crippen molar-refractivity contribution in [2.75, 3.05) is 0 Å². The van der Waals surface area contributed by atoms with Crippen molar-refractivity contribution < 1.29 is 0 Å². The maximum atomic E-state index is 3.36. The Bertz CT molecular complexity index is 150. The van der Waals surface area contributed by atoms with Gasteiger partial charge in [-0.05, 0) is 5.56 Å². The molecule has 0 radical (unpaired) electrons. The number of rotatable bonds is 1. The number of benzene rings is 1. The topological polar surface area (TPSA) is 35.0 Å². The molecule has 50 valence electrons. The minimum absolute atomic E-state index is 0. The molecule has 0 heterocycles. The van der Waals surface area contributed by atoms with Crippen molar-refractivity contribution in [1.82, 2.24) is 6.15 Å². The first-order chi connectivity index (χ1) is 3.93. The predicted molar refractivity (Wildman–Crippen MR) is 44.1 cm³/mol. The summed E-state index contributed by atoms with van der Waals surface area (Å²) in [5.41, 5.74) is 1.33. The summed E-state index contributed by atoms with van der Waals surface area (Å²) in [5.74, 6) is 0. The van der Waals surface area contributed by atoms with Gasteiger partial charge in [0, 0.05) is 5.33 Å². The molecule has 0 unspecified atom stereocenters. The van der Waals surface area contributed by atoms with Crippen LogP contribution in [-0.4, -0.2) is 0 Å². The van der Waals surface area contributed by atoms with Gasteiger partial charge < -0.3 is 6.15 Å². The van der Waals surface area contributed by atoms with Crippen LogP contribution in [-0.2, 0) is 5.33 Å². The van der Waals surface area contributed by atoms with E-state index in [1.165, 1.54) is 5.56 Å². The molecule has 0 fully saturated rings. The first kappa shape index (κ1) is 8.66. The molecular weight excluding hydrogens is 178 g/mol. The summed E-state index contributed by atoms with van der Waals surface area (Å²) in [6.07, 6.45) is 0. The predicted octanol–water partition coefficient (Wildman–Crippen LogP) is 2.74. The van der Waals surface area contributed by atoms with E-state index in [9.17, 15) is 0 Å². The van der Waals surface area contributed by atoms with Crippen molar-refractivity contribution in [3.63, 3.8) is 0 Å². The van der Waals surface area contributed by atoms with Crippen LogP contribution in [0.25, 0.3) is 0 Å². The highest BCUT2D eigenvalue weighted by molar-refractivity contribution is 9.08. The van der Waals surface area contributed by atoms with Gasteiger partial charge in [-0.15, -0.1) is 0 Å². The van der Waals surface area contributed by atoms with E-state index < -0.39 is 0 Å². The minimum atomic E-state index is 0. The van der Waals surface area contributed by atoms with E-state index in [4.69, 9.17) is 0 Å². The van der Waals surface area contributed by atoms with Crippen molar-refractivity contribution in [3.05, 3.63) is 35.9 Å². The molecule has 0 aliphatic carbocycles. The van der Waals surface area contributed by atoms with Crippen molar-refractivity contribution >= 4 is 15.9 Å². The molecule has 0 aromatic heterocycles. The Morgan fingerprint density at radius 3 is 2.00 bits per heavy atom. The molecule has 1 rings (SSSR count). The van der Waals surface area contributed by atoms with Crippen molar-refractivity contribution in [2.45, 2.75) is 5.33 Å². The fraction of sp³-hybridized carbons (Fsp3) is 0.143. The second-order valence-electron chi connectivity index (χ2n) is 1.62. The molecule has 0 amide bonds. The van der Waals surface area contributed by atoms with E-state index in [-0.39, 0.29) is 6.15 Å². The van der Waals surface area contributed by atoms with E-state index in [2.05, 4.69) is 28.1 Å². The lowest BCUT2D eigenvalue weighted by Crippen LogP contribution is -1.70. The summed E-state index contributed by atoms with van der Waals surface area (Å²) in [5, 5.41) is 0.952. The van der Waals surface area contributed by atoms with Gasteiger partial charge in [0.2, 0.25) is 0 Å². The molecule has 0 atom stereocenters. The van der Waals surface area contributed by atoms with Gasteiger partial charge in [-0.1, -0.05) is 46.3 Å². The third-order valence-corrected chi connectivity index (χ3v) is 1.64. The van der Waals surface area contributed by atoms with Crippen LogP contribution in [0.4, 0.5) is 0 Å². The summed E-state index contributed by atoms with van der Waals surface area (Å²) in [7, 11) is 0. The molecule has 9 heavy (non-hydrogen) atoms. The molecule has 0 bridgehead atoms. The standard InChI is InChI=1S/C7H7Br.H3N/c8-6-7-4-2-1-3-5-7;/h1-5H,6H2;1H3. The Hall–Kier alpha value is -0.340. The fourth-order valence-corrected chi connectivity index (χ4v) is 0.941. The normalized spacial score (nSPS) is 8.11. The highest BCUT2D eigenvalue weighted by atomic mass is 79.9. The van der Waals surface area contributed by atoms with Crippen molar-refractivity contribution in [1.29, 1.82) is 0 Å². The second kappa shape index (κ2) is 4.53. The molecular formula is C7H10BrN. The van der Waals surface area contributed by atoms with Crippen LogP contribution in [0.1, 0.15) is 5.56 Å². The van der Waals surface area contributed by atoms with Crippen LogP contribution < -0.4 is 6.15 Å². The Morgan fingerprint density at radius 1 is 1.11 bits per heavy atom. The molecule has 0 aliphatic rings. The lowest BCUT2D eigenvalue weighted by atomic mass is 10.2. The first-order valence-electron chi connectivity index (χ1n) is 2.53. The molecule has 0 aliphatic heterocycles. The Balaban J connectivity index is 0.000000640. The molecule has 0 saturated heterocycles. The smallest absolute Gasteiger partial charge is 0.0283 e. The summed E-state index contributed by atoms with van der Waals surface area (Å²) >= 11 is 3.36. The van der Waals surface area contributed by atoms with Crippen LogP contribution in [0, 0.1) is 0 Å². The number of alkyl halides is 1. The van der Waals surface area contributed by atoms with Gasteiger partial charge in [0.1, 0.15) is 0 Å². The van der Waals surface area contributed by atoms with Gasteiger partial charge in [-0.25, -0.2) is 0 Å². The van der Waals surface area contributed by atoms with Gasteiger partial charge in [0.25, 0.3) is 0 Å². The van der Waals surface area contributed by atoms with Gasteiger partial charge >= 0.3 is 0 Å². The SMILES string of the molecule is BrCc1ccccc1.N. The summed E-state index contributed by atoms with van der Waals surface area (Å²) in [6, 6.07) is 10.3. The van der Waals surface area contributed by atoms with Crippen LogP contribution in [0.2, 0.25) is 0 Å². The largest absolute Gasteiger partial charge is 0.344 e. The van der Waals surface area contributed by atoms with Crippen LogP contribution >= 0.6 is 15.9 Å².